The molecule has 1 unspecified atom stereocenters. The molecule has 6 nitrogen and oxygen atoms in total. The summed E-state index contributed by atoms with van der Waals surface area (Å²) in [6.45, 7) is 5.89. The van der Waals surface area contributed by atoms with Crippen molar-refractivity contribution < 1.29 is 9.15 Å². The molecular formula is C19H22N4O2S. The van der Waals surface area contributed by atoms with E-state index in [4.69, 9.17) is 9.15 Å². The second-order valence-corrected chi connectivity index (χ2v) is 7.24. The van der Waals surface area contributed by atoms with E-state index in [2.05, 4.69) is 39.1 Å². The fourth-order valence-corrected chi connectivity index (χ4v) is 3.94. The molecule has 3 aromatic rings. The van der Waals surface area contributed by atoms with Crippen molar-refractivity contribution in [1.29, 1.82) is 0 Å². The second-order valence-electron chi connectivity index (χ2n) is 6.29. The predicted molar refractivity (Wildman–Crippen MR) is 103 cm³/mol. The zero-order valence-electron chi connectivity index (χ0n) is 15.0. The van der Waals surface area contributed by atoms with E-state index in [-0.39, 0.29) is 6.04 Å². The van der Waals surface area contributed by atoms with Crippen molar-refractivity contribution in [3.8, 4) is 16.5 Å². The molecule has 2 aromatic heterocycles. The molecule has 7 heteroatoms. The lowest BCUT2D eigenvalue weighted by Crippen LogP contribution is -2.47. The van der Waals surface area contributed by atoms with Gasteiger partial charge in [0.05, 0.1) is 23.7 Å². The SMILES string of the molecule is COc1ccccc1N1CCN(C(C)c2nnc(-c3cccs3)o2)CC1. The third-order valence-corrected chi connectivity index (χ3v) is 5.68. The number of methoxy groups -OCH3 is 1. The number of rotatable bonds is 5. The first-order valence-electron chi connectivity index (χ1n) is 8.75. The standard InChI is InChI=1S/C19H22N4O2S/c1-14(18-20-21-19(25-18)17-8-5-13-26-17)22-9-11-23(12-10-22)15-6-3-4-7-16(15)24-2/h3-8,13-14H,9-12H2,1-2H3. The van der Waals surface area contributed by atoms with Gasteiger partial charge in [-0.1, -0.05) is 18.2 Å². The minimum Gasteiger partial charge on any atom is -0.495 e. The number of hydrogen-bond donors (Lipinski definition) is 0. The first-order chi connectivity index (χ1) is 12.8. The van der Waals surface area contributed by atoms with Crippen molar-refractivity contribution in [3.05, 3.63) is 47.7 Å². The van der Waals surface area contributed by atoms with E-state index in [0.717, 1.165) is 42.5 Å². The molecule has 1 atom stereocenters. The van der Waals surface area contributed by atoms with Gasteiger partial charge < -0.3 is 14.1 Å². The summed E-state index contributed by atoms with van der Waals surface area (Å²) < 4.78 is 11.4. The number of aromatic nitrogens is 2. The lowest BCUT2D eigenvalue weighted by atomic mass is 10.2. The van der Waals surface area contributed by atoms with Gasteiger partial charge >= 0.3 is 0 Å². The molecule has 0 spiro atoms. The Hall–Kier alpha value is -2.38. The number of hydrogen-bond acceptors (Lipinski definition) is 7. The first kappa shape index (κ1) is 17.1. The zero-order valence-corrected chi connectivity index (χ0v) is 15.8. The van der Waals surface area contributed by atoms with Crippen LogP contribution in [0.2, 0.25) is 0 Å². The maximum atomic E-state index is 5.90. The largest absolute Gasteiger partial charge is 0.495 e. The summed E-state index contributed by atoms with van der Waals surface area (Å²) in [6.07, 6.45) is 0. The Labute approximate surface area is 157 Å². The van der Waals surface area contributed by atoms with Gasteiger partial charge in [-0.05, 0) is 30.5 Å². The van der Waals surface area contributed by atoms with Crippen molar-refractivity contribution in [2.24, 2.45) is 0 Å². The molecule has 1 saturated heterocycles. The maximum Gasteiger partial charge on any atom is 0.257 e. The molecule has 1 aromatic carbocycles. The highest BCUT2D eigenvalue weighted by Gasteiger charge is 2.26. The summed E-state index contributed by atoms with van der Waals surface area (Å²) in [6, 6.07) is 12.3. The van der Waals surface area contributed by atoms with Crippen molar-refractivity contribution in [2.75, 3.05) is 38.2 Å². The van der Waals surface area contributed by atoms with Crippen molar-refractivity contribution in [1.82, 2.24) is 15.1 Å². The summed E-state index contributed by atoms with van der Waals surface area (Å²) in [5.74, 6) is 2.21. The third kappa shape index (κ3) is 3.32. The van der Waals surface area contributed by atoms with E-state index < -0.39 is 0 Å². The lowest BCUT2D eigenvalue weighted by Gasteiger charge is -2.38. The quantitative estimate of drug-likeness (QED) is 0.683. The Kier molecular flexibility index (Phi) is 4.90. The molecule has 1 aliphatic rings. The topological polar surface area (TPSA) is 54.6 Å². The minimum absolute atomic E-state index is 0.107. The molecule has 1 aliphatic heterocycles. The summed E-state index contributed by atoms with van der Waals surface area (Å²) >= 11 is 1.61. The van der Waals surface area contributed by atoms with Crippen molar-refractivity contribution in [3.63, 3.8) is 0 Å². The van der Waals surface area contributed by atoms with Crippen LogP contribution in [0.25, 0.3) is 10.8 Å². The van der Waals surface area contributed by atoms with Crippen LogP contribution in [0.1, 0.15) is 18.9 Å². The first-order valence-corrected chi connectivity index (χ1v) is 9.63. The second kappa shape index (κ2) is 7.47. The number of ether oxygens (including phenoxy) is 1. The van der Waals surface area contributed by atoms with E-state index in [0.29, 0.717) is 11.8 Å². The van der Waals surface area contributed by atoms with E-state index in [1.807, 2.05) is 29.6 Å². The predicted octanol–water partition coefficient (Wildman–Crippen LogP) is 3.69. The lowest BCUT2D eigenvalue weighted by molar-refractivity contribution is 0.173. The number of benzene rings is 1. The van der Waals surface area contributed by atoms with Crippen LogP contribution in [-0.2, 0) is 0 Å². The van der Waals surface area contributed by atoms with E-state index >= 15 is 0 Å². The minimum atomic E-state index is 0.107. The average molecular weight is 370 g/mol. The normalized spacial score (nSPS) is 16.6. The Morgan fingerprint density at radius 3 is 2.62 bits per heavy atom. The van der Waals surface area contributed by atoms with Gasteiger partial charge in [-0.15, -0.1) is 21.5 Å². The number of anilines is 1. The van der Waals surface area contributed by atoms with Crippen LogP contribution in [0, 0.1) is 0 Å². The molecule has 1 fully saturated rings. The fourth-order valence-electron chi connectivity index (χ4n) is 3.30. The fraction of sp³-hybridized carbons (Fsp3) is 0.368. The third-order valence-electron chi connectivity index (χ3n) is 4.82. The van der Waals surface area contributed by atoms with Gasteiger partial charge in [0.25, 0.3) is 5.89 Å². The smallest absolute Gasteiger partial charge is 0.257 e. The molecule has 136 valence electrons. The van der Waals surface area contributed by atoms with Crippen molar-refractivity contribution >= 4 is 17.0 Å². The van der Waals surface area contributed by atoms with E-state index in [9.17, 15) is 0 Å². The van der Waals surface area contributed by atoms with Crippen LogP contribution in [-0.4, -0.2) is 48.4 Å². The Balaban J connectivity index is 1.41. The highest BCUT2D eigenvalue weighted by atomic mass is 32.1. The van der Waals surface area contributed by atoms with Crippen LogP contribution in [0.15, 0.2) is 46.2 Å². The summed E-state index contributed by atoms with van der Waals surface area (Å²) in [4.78, 5) is 5.77. The molecule has 4 rings (SSSR count). The molecule has 0 radical (unpaired) electrons. The molecule has 0 saturated carbocycles. The summed E-state index contributed by atoms with van der Waals surface area (Å²) in [5.41, 5.74) is 1.15. The van der Waals surface area contributed by atoms with Crippen molar-refractivity contribution in [2.45, 2.75) is 13.0 Å². The van der Waals surface area contributed by atoms with E-state index in [1.165, 1.54) is 0 Å². The molecule has 0 amide bonds. The number of piperazine rings is 1. The van der Waals surface area contributed by atoms with Crippen LogP contribution in [0.5, 0.6) is 5.75 Å². The van der Waals surface area contributed by atoms with Gasteiger partial charge in [0.15, 0.2) is 0 Å². The van der Waals surface area contributed by atoms with Gasteiger partial charge in [0.2, 0.25) is 5.89 Å². The maximum absolute atomic E-state index is 5.90. The molecule has 0 N–H and O–H groups in total. The molecule has 26 heavy (non-hydrogen) atoms. The zero-order chi connectivity index (χ0) is 17.9. The van der Waals surface area contributed by atoms with Gasteiger partial charge in [0, 0.05) is 26.2 Å². The van der Waals surface area contributed by atoms with Gasteiger partial charge in [-0.25, -0.2) is 0 Å². The van der Waals surface area contributed by atoms with Gasteiger partial charge in [-0.3, -0.25) is 4.90 Å². The molecule has 3 heterocycles. The molecule has 0 bridgehead atoms. The monoisotopic (exact) mass is 370 g/mol. The number of para-hydroxylation sites is 2. The van der Waals surface area contributed by atoms with Gasteiger partial charge in [0.1, 0.15) is 5.75 Å². The Morgan fingerprint density at radius 1 is 1.08 bits per heavy atom. The Bertz CT molecular complexity index is 841. The number of nitrogens with zero attached hydrogens (tertiary/aromatic N) is 4. The van der Waals surface area contributed by atoms with Crippen LogP contribution >= 0.6 is 11.3 Å². The summed E-state index contributed by atoms with van der Waals surface area (Å²) in [7, 11) is 1.72. The van der Waals surface area contributed by atoms with Crippen LogP contribution in [0.3, 0.4) is 0 Å². The average Bonchev–Trinajstić information content (AvgIpc) is 3.39. The molecule has 0 aliphatic carbocycles. The van der Waals surface area contributed by atoms with Crippen LogP contribution < -0.4 is 9.64 Å². The Morgan fingerprint density at radius 2 is 1.88 bits per heavy atom. The van der Waals surface area contributed by atoms with E-state index in [1.54, 1.807) is 18.4 Å². The van der Waals surface area contributed by atoms with Gasteiger partial charge in [-0.2, -0.15) is 0 Å². The highest BCUT2D eigenvalue weighted by Crippen LogP contribution is 2.31. The van der Waals surface area contributed by atoms with Crippen LogP contribution in [0.4, 0.5) is 5.69 Å². The number of thiophene rings is 1. The molecular weight excluding hydrogens is 348 g/mol. The summed E-state index contributed by atoms with van der Waals surface area (Å²) in [5, 5.41) is 10.5. The highest BCUT2D eigenvalue weighted by molar-refractivity contribution is 7.13.